The Morgan fingerprint density at radius 2 is 1.68 bits per heavy atom. The summed E-state index contributed by atoms with van der Waals surface area (Å²) in [5.74, 6) is -2.81. The topological polar surface area (TPSA) is 65.8 Å². The number of amides is 1. The van der Waals surface area contributed by atoms with Gasteiger partial charge < -0.3 is 10.0 Å². The van der Waals surface area contributed by atoms with Gasteiger partial charge in [-0.1, -0.05) is 30.3 Å². The summed E-state index contributed by atoms with van der Waals surface area (Å²) in [6.45, 7) is 0. The SMILES string of the molecule is O=C1c2c(O)c(=O)ccn2N2C(c3ccccc3)c3cc(F)c(F)cc3CCCC2N1C1CC1. The molecule has 2 atom stereocenters. The number of carbonyl (C=O) groups is 1. The molecule has 0 bridgehead atoms. The van der Waals surface area contributed by atoms with Gasteiger partial charge in [0.05, 0.1) is 6.04 Å². The van der Waals surface area contributed by atoms with Crippen molar-refractivity contribution in [2.75, 3.05) is 5.01 Å². The number of nitrogens with zero attached hydrogens (tertiary/aromatic N) is 3. The lowest BCUT2D eigenvalue weighted by molar-refractivity contribution is 0.0505. The Balaban J connectivity index is 1.67. The van der Waals surface area contributed by atoms with Crippen LogP contribution in [0.15, 0.2) is 59.5 Å². The standard InChI is InChI=1S/C26H23F2N3O3/c27-19-13-16-7-4-8-22-30(17-9-10-17)26(34)24-25(33)21(32)11-12-29(24)31(22)23(18(16)14-20(19)28)15-5-2-1-3-6-15/h1-3,5-6,11-14,17,22-23,33H,4,7-10H2. The van der Waals surface area contributed by atoms with Gasteiger partial charge in [0.1, 0.15) is 6.17 Å². The molecule has 2 unspecified atom stereocenters. The van der Waals surface area contributed by atoms with Crippen LogP contribution in [0.5, 0.6) is 5.75 Å². The molecule has 34 heavy (non-hydrogen) atoms. The Kier molecular flexibility index (Phi) is 4.72. The maximum Gasteiger partial charge on any atom is 0.278 e. The third kappa shape index (κ3) is 3.12. The maximum atomic E-state index is 14.6. The van der Waals surface area contributed by atoms with Gasteiger partial charge in [0.25, 0.3) is 5.91 Å². The molecular weight excluding hydrogens is 440 g/mol. The van der Waals surface area contributed by atoms with E-state index in [-0.39, 0.29) is 23.8 Å². The molecule has 8 heteroatoms. The Morgan fingerprint density at radius 3 is 2.41 bits per heavy atom. The van der Waals surface area contributed by atoms with Crippen LogP contribution in [0, 0.1) is 11.6 Å². The van der Waals surface area contributed by atoms with E-state index in [9.17, 15) is 23.5 Å². The van der Waals surface area contributed by atoms with Crippen molar-refractivity contribution in [2.24, 2.45) is 0 Å². The highest BCUT2D eigenvalue weighted by molar-refractivity contribution is 5.97. The van der Waals surface area contributed by atoms with E-state index in [2.05, 4.69) is 0 Å². The highest BCUT2D eigenvalue weighted by Gasteiger charge is 2.49. The molecule has 1 N–H and O–H groups in total. The minimum absolute atomic E-state index is 0.0173. The summed E-state index contributed by atoms with van der Waals surface area (Å²) in [6, 6.07) is 12.6. The van der Waals surface area contributed by atoms with Gasteiger partial charge in [0.2, 0.25) is 5.43 Å². The smallest absolute Gasteiger partial charge is 0.278 e. The molecule has 1 aromatic heterocycles. The Bertz CT molecular complexity index is 1350. The van der Waals surface area contributed by atoms with Crippen LogP contribution in [0.4, 0.5) is 8.78 Å². The van der Waals surface area contributed by atoms with Crippen molar-refractivity contribution >= 4 is 5.91 Å². The number of fused-ring (bicyclic) bond motifs is 4. The number of aryl methyl sites for hydroxylation is 1. The quantitative estimate of drug-likeness (QED) is 0.627. The number of benzene rings is 2. The van der Waals surface area contributed by atoms with Gasteiger partial charge in [-0.3, -0.25) is 19.3 Å². The van der Waals surface area contributed by atoms with Crippen molar-refractivity contribution in [2.45, 2.75) is 50.4 Å². The number of halogens is 2. The second-order valence-corrected chi connectivity index (χ2v) is 9.20. The average Bonchev–Trinajstić information content (AvgIpc) is 3.65. The Morgan fingerprint density at radius 1 is 0.941 bits per heavy atom. The Labute approximate surface area is 194 Å². The third-order valence-corrected chi connectivity index (χ3v) is 7.07. The molecule has 1 amide bonds. The van der Waals surface area contributed by atoms with Gasteiger partial charge in [0, 0.05) is 18.3 Å². The summed E-state index contributed by atoms with van der Waals surface area (Å²) >= 11 is 0. The summed E-state index contributed by atoms with van der Waals surface area (Å²) in [7, 11) is 0. The van der Waals surface area contributed by atoms with E-state index in [1.54, 1.807) is 4.90 Å². The normalized spacial score (nSPS) is 21.9. The van der Waals surface area contributed by atoms with Crippen LogP contribution in [0.3, 0.4) is 0 Å². The summed E-state index contributed by atoms with van der Waals surface area (Å²) in [5.41, 5.74) is 1.40. The second-order valence-electron chi connectivity index (χ2n) is 9.20. The molecule has 6 rings (SSSR count). The molecule has 0 spiro atoms. The first kappa shape index (κ1) is 20.9. The molecule has 6 nitrogen and oxygen atoms in total. The van der Waals surface area contributed by atoms with Gasteiger partial charge in [-0.2, -0.15) is 0 Å². The fourth-order valence-electron chi connectivity index (χ4n) is 5.43. The van der Waals surface area contributed by atoms with Gasteiger partial charge in [-0.15, -0.1) is 0 Å². The van der Waals surface area contributed by atoms with Gasteiger partial charge >= 0.3 is 0 Å². The van der Waals surface area contributed by atoms with Crippen LogP contribution in [0.2, 0.25) is 0 Å². The van der Waals surface area contributed by atoms with Gasteiger partial charge in [0.15, 0.2) is 23.1 Å². The van der Waals surface area contributed by atoms with Crippen LogP contribution in [0.25, 0.3) is 0 Å². The fourth-order valence-corrected chi connectivity index (χ4v) is 5.43. The van der Waals surface area contributed by atoms with Crippen molar-refractivity contribution in [3.63, 3.8) is 0 Å². The number of pyridine rings is 1. The zero-order chi connectivity index (χ0) is 23.6. The van der Waals surface area contributed by atoms with E-state index >= 15 is 0 Å². The molecular formula is C26H23F2N3O3. The maximum absolute atomic E-state index is 14.6. The molecule has 3 heterocycles. The van der Waals surface area contributed by atoms with E-state index in [0.29, 0.717) is 30.4 Å². The molecule has 174 valence electrons. The first-order valence-electron chi connectivity index (χ1n) is 11.5. The van der Waals surface area contributed by atoms with Gasteiger partial charge in [-0.05, 0) is 60.9 Å². The van der Waals surface area contributed by atoms with Crippen LogP contribution >= 0.6 is 0 Å². The molecule has 1 aliphatic carbocycles. The summed E-state index contributed by atoms with van der Waals surface area (Å²) in [6.07, 6.45) is 4.63. The number of carbonyl (C=O) groups excluding carboxylic acids is 1. The fraction of sp³-hybridized carbons (Fsp3) is 0.308. The molecule has 0 saturated heterocycles. The predicted molar refractivity (Wildman–Crippen MR) is 121 cm³/mol. The molecule has 1 fully saturated rings. The lowest BCUT2D eigenvalue weighted by Gasteiger charge is -2.51. The molecule has 1 saturated carbocycles. The monoisotopic (exact) mass is 463 g/mol. The van der Waals surface area contributed by atoms with E-state index < -0.39 is 28.9 Å². The van der Waals surface area contributed by atoms with E-state index in [1.807, 2.05) is 35.3 Å². The summed E-state index contributed by atoms with van der Waals surface area (Å²) in [5, 5.41) is 12.6. The lowest BCUT2D eigenvalue weighted by atomic mass is 9.88. The molecule has 2 aromatic carbocycles. The Hall–Kier alpha value is -3.68. The first-order valence-corrected chi connectivity index (χ1v) is 11.5. The third-order valence-electron chi connectivity index (χ3n) is 7.07. The lowest BCUT2D eigenvalue weighted by Crippen LogP contribution is -2.63. The van der Waals surface area contributed by atoms with E-state index in [1.165, 1.54) is 29.1 Å². The van der Waals surface area contributed by atoms with E-state index in [4.69, 9.17) is 0 Å². The van der Waals surface area contributed by atoms with Crippen molar-refractivity contribution in [1.29, 1.82) is 0 Å². The zero-order valence-electron chi connectivity index (χ0n) is 18.3. The zero-order valence-corrected chi connectivity index (χ0v) is 18.3. The number of aromatic hydroxyl groups is 1. The van der Waals surface area contributed by atoms with E-state index in [0.717, 1.165) is 18.4 Å². The van der Waals surface area contributed by atoms with Crippen molar-refractivity contribution in [3.05, 3.63) is 99.0 Å². The van der Waals surface area contributed by atoms with Crippen molar-refractivity contribution in [1.82, 2.24) is 9.58 Å². The summed E-state index contributed by atoms with van der Waals surface area (Å²) in [4.78, 5) is 27.7. The van der Waals surface area contributed by atoms with Crippen LogP contribution in [-0.4, -0.2) is 32.8 Å². The highest BCUT2D eigenvalue weighted by Crippen LogP contribution is 2.43. The molecule has 2 aliphatic heterocycles. The predicted octanol–water partition coefficient (Wildman–Crippen LogP) is 3.84. The van der Waals surface area contributed by atoms with Gasteiger partial charge in [-0.25, -0.2) is 8.78 Å². The number of hydrogen-bond acceptors (Lipinski definition) is 4. The minimum Gasteiger partial charge on any atom is -0.502 e. The highest BCUT2D eigenvalue weighted by atomic mass is 19.2. The van der Waals surface area contributed by atoms with Crippen molar-refractivity contribution in [3.8, 4) is 5.75 Å². The first-order chi connectivity index (χ1) is 16.5. The number of hydrogen-bond donors (Lipinski definition) is 1. The second kappa shape index (κ2) is 7.68. The van der Waals surface area contributed by atoms with Crippen LogP contribution in [0.1, 0.15) is 58.9 Å². The van der Waals surface area contributed by atoms with Crippen molar-refractivity contribution < 1.29 is 18.7 Å². The largest absolute Gasteiger partial charge is 0.502 e. The molecule has 3 aliphatic rings. The van der Waals surface area contributed by atoms with Crippen LogP contribution < -0.4 is 10.4 Å². The molecule has 0 radical (unpaired) electrons. The minimum atomic E-state index is -0.938. The number of rotatable bonds is 2. The van der Waals surface area contributed by atoms with Crippen LogP contribution in [-0.2, 0) is 6.42 Å². The molecule has 3 aromatic rings. The summed E-state index contributed by atoms with van der Waals surface area (Å²) < 4.78 is 30.4. The number of aromatic nitrogens is 1. The average molecular weight is 463 g/mol.